The number of aromatic nitrogens is 3. The van der Waals surface area contributed by atoms with Crippen LogP contribution < -0.4 is 5.32 Å². The van der Waals surface area contributed by atoms with Crippen LogP contribution in [0.4, 0.5) is 11.5 Å². The van der Waals surface area contributed by atoms with Crippen molar-refractivity contribution in [3.05, 3.63) is 40.2 Å². The highest BCUT2D eigenvalue weighted by Gasteiger charge is 2.18. The molecule has 0 spiro atoms. The van der Waals surface area contributed by atoms with E-state index in [1.807, 2.05) is 13.8 Å². The Hall–Kier alpha value is -2.44. The zero-order chi connectivity index (χ0) is 13.8. The van der Waals surface area contributed by atoms with E-state index in [0.717, 1.165) is 18.5 Å². The third-order valence-corrected chi connectivity index (χ3v) is 2.54. The quantitative estimate of drug-likeness (QED) is 0.659. The Morgan fingerprint density at radius 2 is 2.26 bits per heavy atom. The molecule has 7 heteroatoms. The molecule has 0 bridgehead atoms. The van der Waals surface area contributed by atoms with E-state index in [1.54, 1.807) is 18.5 Å². The fourth-order valence-electron chi connectivity index (χ4n) is 1.63. The van der Waals surface area contributed by atoms with E-state index < -0.39 is 4.92 Å². The second-order valence-corrected chi connectivity index (χ2v) is 4.19. The lowest BCUT2D eigenvalue weighted by atomic mass is 10.3. The molecule has 0 aliphatic rings. The molecule has 100 valence electrons. The summed E-state index contributed by atoms with van der Waals surface area (Å²) in [4.78, 5) is 14.8. The van der Waals surface area contributed by atoms with Gasteiger partial charge >= 0.3 is 5.69 Å². The lowest BCUT2D eigenvalue weighted by Gasteiger charge is -2.07. The second-order valence-electron chi connectivity index (χ2n) is 4.19. The summed E-state index contributed by atoms with van der Waals surface area (Å²) in [5, 5.41) is 18.2. The molecule has 0 aliphatic carbocycles. The van der Waals surface area contributed by atoms with Gasteiger partial charge in [-0.15, -0.1) is 0 Å². The zero-order valence-corrected chi connectivity index (χ0v) is 10.8. The highest BCUT2D eigenvalue weighted by molar-refractivity contribution is 5.53. The molecular formula is C12H15N5O2. The van der Waals surface area contributed by atoms with Crippen LogP contribution in [0.2, 0.25) is 0 Å². The van der Waals surface area contributed by atoms with Gasteiger partial charge in [-0.3, -0.25) is 10.1 Å². The van der Waals surface area contributed by atoms with Crippen molar-refractivity contribution in [3.63, 3.8) is 0 Å². The van der Waals surface area contributed by atoms with Crippen molar-refractivity contribution in [1.82, 2.24) is 14.8 Å². The Morgan fingerprint density at radius 3 is 2.84 bits per heavy atom. The SMILES string of the molecule is CCCNc1ccc([N+](=O)[O-])c(-n2cc(C)cn2)n1. The zero-order valence-electron chi connectivity index (χ0n) is 10.8. The smallest absolute Gasteiger partial charge is 0.313 e. The molecule has 0 aromatic carbocycles. The topological polar surface area (TPSA) is 85.9 Å². The van der Waals surface area contributed by atoms with Gasteiger partial charge in [-0.2, -0.15) is 5.10 Å². The van der Waals surface area contributed by atoms with Crippen LogP contribution in [-0.4, -0.2) is 26.2 Å². The summed E-state index contributed by atoms with van der Waals surface area (Å²) >= 11 is 0. The molecule has 0 atom stereocenters. The molecule has 1 N–H and O–H groups in total. The number of aryl methyl sites for hydroxylation is 1. The molecular weight excluding hydrogens is 246 g/mol. The van der Waals surface area contributed by atoms with E-state index in [-0.39, 0.29) is 11.5 Å². The van der Waals surface area contributed by atoms with E-state index in [4.69, 9.17) is 0 Å². The maximum Gasteiger partial charge on any atom is 0.313 e. The van der Waals surface area contributed by atoms with Crippen molar-refractivity contribution in [1.29, 1.82) is 0 Å². The Morgan fingerprint density at radius 1 is 1.47 bits per heavy atom. The van der Waals surface area contributed by atoms with Crippen LogP contribution in [0.25, 0.3) is 5.82 Å². The largest absolute Gasteiger partial charge is 0.370 e. The predicted molar refractivity (Wildman–Crippen MR) is 71.5 cm³/mol. The van der Waals surface area contributed by atoms with Crippen LogP contribution >= 0.6 is 0 Å². The maximum absolute atomic E-state index is 11.0. The highest BCUT2D eigenvalue weighted by atomic mass is 16.6. The monoisotopic (exact) mass is 261 g/mol. The average Bonchev–Trinajstić information content (AvgIpc) is 2.82. The number of nitro groups is 1. The molecule has 0 fully saturated rings. The van der Waals surface area contributed by atoms with Crippen molar-refractivity contribution < 1.29 is 4.92 Å². The van der Waals surface area contributed by atoms with Gasteiger partial charge in [0.25, 0.3) is 0 Å². The standard InChI is InChI=1S/C12H15N5O2/c1-3-6-13-11-5-4-10(17(18)19)12(15-11)16-8-9(2)7-14-16/h4-5,7-8H,3,6H2,1-2H3,(H,13,15). The van der Waals surface area contributed by atoms with Gasteiger partial charge in [0.1, 0.15) is 5.82 Å². The first kappa shape index (κ1) is 13.0. The maximum atomic E-state index is 11.0. The summed E-state index contributed by atoms with van der Waals surface area (Å²) in [6.07, 6.45) is 4.30. The third kappa shape index (κ3) is 2.87. The summed E-state index contributed by atoms with van der Waals surface area (Å²) < 4.78 is 1.42. The molecule has 0 saturated carbocycles. The van der Waals surface area contributed by atoms with E-state index in [0.29, 0.717) is 5.82 Å². The van der Waals surface area contributed by atoms with Gasteiger partial charge in [0.2, 0.25) is 5.82 Å². The first-order valence-electron chi connectivity index (χ1n) is 6.02. The van der Waals surface area contributed by atoms with Crippen molar-refractivity contribution in [2.24, 2.45) is 0 Å². The van der Waals surface area contributed by atoms with Crippen LogP contribution in [0.15, 0.2) is 24.5 Å². The first-order valence-corrected chi connectivity index (χ1v) is 6.02. The number of nitrogens with zero attached hydrogens (tertiary/aromatic N) is 4. The van der Waals surface area contributed by atoms with E-state index in [1.165, 1.54) is 10.7 Å². The summed E-state index contributed by atoms with van der Waals surface area (Å²) in [6.45, 7) is 4.67. The van der Waals surface area contributed by atoms with Crippen LogP contribution in [0.1, 0.15) is 18.9 Å². The summed E-state index contributed by atoms with van der Waals surface area (Å²) in [6, 6.07) is 3.05. The fourth-order valence-corrected chi connectivity index (χ4v) is 1.63. The number of pyridine rings is 1. The molecule has 2 heterocycles. The lowest BCUT2D eigenvalue weighted by Crippen LogP contribution is -2.08. The number of rotatable bonds is 5. The van der Waals surface area contributed by atoms with Gasteiger partial charge in [-0.1, -0.05) is 6.92 Å². The normalized spacial score (nSPS) is 10.4. The minimum atomic E-state index is -0.455. The third-order valence-electron chi connectivity index (χ3n) is 2.54. The molecule has 0 radical (unpaired) electrons. The predicted octanol–water partition coefficient (Wildman–Crippen LogP) is 2.31. The van der Waals surface area contributed by atoms with E-state index in [9.17, 15) is 10.1 Å². The Kier molecular flexibility index (Phi) is 3.74. The van der Waals surface area contributed by atoms with Crippen LogP contribution in [0, 0.1) is 17.0 Å². The highest BCUT2D eigenvalue weighted by Crippen LogP contribution is 2.22. The van der Waals surface area contributed by atoms with E-state index >= 15 is 0 Å². The van der Waals surface area contributed by atoms with Crippen molar-refractivity contribution in [2.75, 3.05) is 11.9 Å². The molecule has 2 rings (SSSR count). The summed E-state index contributed by atoms with van der Waals surface area (Å²) in [5.41, 5.74) is 0.855. The minimum absolute atomic E-state index is 0.0647. The van der Waals surface area contributed by atoms with Gasteiger partial charge in [-0.25, -0.2) is 9.67 Å². The molecule has 0 unspecified atom stereocenters. The van der Waals surface area contributed by atoms with Gasteiger partial charge < -0.3 is 5.32 Å². The first-order chi connectivity index (χ1) is 9.11. The van der Waals surface area contributed by atoms with Crippen molar-refractivity contribution in [2.45, 2.75) is 20.3 Å². The molecule has 19 heavy (non-hydrogen) atoms. The molecule has 2 aromatic heterocycles. The molecule has 0 aliphatic heterocycles. The van der Waals surface area contributed by atoms with Crippen molar-refractivity contribution >= 4 is 11.5 Å². The molecule has 0 amide bonds. The Labute approximate surface area is 110 Å². The van der Waals surface area contributed by atoms with Gasteiger partial charge in [0.15, 0.2) is 0 Å². The van der Waals surface area contributed by atoms with Crippen LogP contribution in [-0.2, 0) is 0 Å². The van der Waals surface area contributed by atoms with Crippen LogP contribution in [0.5, 0.6) is 0 Å². The second kappa shape index (κ2) is 5.47. The van der Waals surface area contributed by atoms with Gasteiger partial charge in [0, 0.05) is 18.8 Å². The summed E-state index contributed by atoms with van der Waals surface area (Å²) in [7, 11) is 0. The Bertz CT molecular complexity index is 594. The number of hydrogen-bond donors (Lipinski definition) is 1. The molecule has 2 aromatic rings. The molecule has 0 saturated heterocycles. The van der Waals surface area contributed by atoms with Gasteiger partial charge in [0.05, 0.1) is 11.1 Å². The lowest BCUT2D eigenvalue weighted by molar-refractivity contribution is -0.384. The fraction of sp³-hybridized carbons (Fsp3) is 0.333. The molecule has 7 nitrogen and oxygen atoms in total. The number of hydrogen-bond acceptors (Lipinski definition) is 5. The minimum Gasteiger partial charge on any atom is -0.370 e. The van der Waals surface area contributed by atoms with Crippen LogP contribution in [0.3, 0.4) is 0 Å². The average molecular weight is 261 g/mol. The number of anilines is 1. The van der Waals surface area contributed by atoms with Crippen molar-refractivity contribution in [3.8, 4) is 5.82 Å². The van der Waals surface area contributed by atoms with Gasteiger partial charge in [-0.05, 0) is 25.0 Å². The Balaban J connectivity index is 2.44. The number of nitrogens with one attached hydrogen (secondary N) is 1. The summed E-state index contributed by atoms with van der Waals surface area (Å²) in [5.74, 6) is 0.829. The van der Waals surface area contributed by atoms with E-state index in [2.05, 4.69) is 15.4 Å².